The lowest BCUT2D eigenvalue weighted by atomic mass is 10.3. The van der Waals surface area contributed by atoms with Crippen LogP contribution in [-0.4, -0.2) is 24.2 Å². The number of anilines is 1. The normalized spacial score (nSPS) is 9.76. The molecule has 1 rings (SSSR count). The van der Waals surface area contributed by atoms with Gasteiger partial charge < -0.3 is 10.6 Å². The van der Waals surface area contributed by atoms with Gasteiger partial charge in [-0.2, -0.15) is 0 Å². The number of hydrogen-bond acceptors (Lipinski definition) is 2. The van der Waals surface area contributed by atoms with Crippen LogP contribution in [0.4, 0.5) is 5.69 Å². The molecule has 6 heteroatoms. The second kappa shape index (κ2) is 7.14. The number of alkyl halides is 1. The molecule has 0 saturated carbocycles. The van der Waals surface area contributed by atoms with Gasteiger partial charge in [0.1, 0.15) is 0 Å². The lowest BCUT2D eigenvalue weighted by molar-refractivity contribution is -0.136. The summed E-state index contributed by atoms with van der Waals surface area (Å²) in [6, 6.07) is 6.49. The quantitative estimate of drug-likeness (QED) is 0.502. The Bertz CT molecular complexity index is 393. The highest BCUT2D eigenvalue weighted by molar-refractivity contribution is 6.39. The molecular weight excluding hydrogens is 263 g/mol. The van der Waals surface area contributed by atoms with Crippen LogP contribution in [0.1, 0.15) is 6.42 Å². The van der Waals surface area contributed by atoms with Crippen molar-refractivity contribution in [1.82, 2.24) is 5.32 Å². The van der Waals surface area contributed by atoms with Crippen LogP contribution in [0, 0.1) is 0 Å². The first kappa shape index (κ1) is 13.8. The Kier molecular flexibility index (Phi) is 5.80. The largest absolute Gasteiger partial charge is 0.348 e. The summed E-state index contributed by atoms with van der Waals surface area (Å²) in [6.07, 6.45) is 0.627. The van der Waals surface area contributed by atoms with Gasteiger partial charge in [0.2, 0.25) is 0 Å². The monoisotopic (exact) mass is 274 g/mol. The molecule has 0 saturated heterocycles. The zero-order valence-electron chi connectivity index (χ0n) is 9.00. The van der Waals surface area contributed by atoms with E-state index in [1.807, 2.05) is 0 Å². The summed E-state index contributed by atoms with van der Waals surface area (Å²) in [5.41, 5.74) is 0.520. The lowest BCUT2D eigenvalue weighted by Gasteiger charge is -2.05. The van der Waals surface area contributed by atoms with E-state index in [0.717, 1.165) is 0 Å². The molecule has 2 amide bonds. The Balaban J connectivity index is 2.43. The molecule has 92 valence electrons. The van der Waals surface area contributed by atoms with Crippen LogP contribution in [-0.2, 0) is 9.59 Å². The van der Waals surface area contributed by atoms with Gasteiger partial charge in [-0.3, -0.25) is 9.59 Å². The second-order valence-corrected chi connectivity index (χ2v) is 4.07. The Morgan fingerprint density at radius 3 is 2.35 bits per heavy atom. The Morgan fingerprint density at radius 2 is 1.76 bits per heavy atom. The molecule has 1 aromatic rings. The third-order valence-electron chi connectivity index (χ3n) is 1.90. The molecule has 0 bridgehead atoms. The van der Waals surface area contributed by atoms with Gasteiger partial charge in [-0.15, -0.1) is 11.6 Å². The second-order valence-electron chi connectivity index (χ2n) is 3.26. The molecule has 4 nitrogen and oxygen atoms in total. The van der Waals surface area contributed by atoms with Crippen molar-refractivity contribution < 1.29 is 9.59 Å². The van der Waals surface area contributed by atoms with E-state index in [9.17, 15) is 9.59 Å². The Morgan fingerprint density at radius 1 is 1.12 bits per heavy atom. The van der Waals surface area contributed by atoms with E-state index in [4.69, 9.17) is 23.2 Å². The molecule has 0 heterocycles. The van der Waals surface area contributed by atoms with Crippen molar-refractivity contribution in [2.24, 2.45) is 0 Å². The van der Waals surface area contributed by atoms with Gasteiger partial charge in [-0.25, -0.2) is 0 Å². The topological polar surface area (TPSA) is 58.2 Å². The fraction of sp³-hybridized carbons (Fsp3) is 0.273. The van der Waals surface area contributed by atoms with E-state index in [2.05, 4.69) is 10.6 Å². The molecule has 0 aliphatic carbocycles. The van der Waals surface area contributed by atoms with Crippen molar-refractivity contribution in [1.29, 1.82) is 0 Å². The minimum Gasteiger partial charge on any atom is -0.348 e. The van der Waals surface area contributed by atoms with E-state index in [-0.39, 0.29) is 0 Å². The van der Waals surface area contributed by atoms with Gasteiger partial charge >= 0.3 is 11.8 Å². The Hall–Kier alpha value is -1.26. The van der Waals surface area contributed by atoms with Crippen molar-refractivity contribution in [2.75, 3.05) is 17.7 Å². The maximum absolute atomic E-state index is 11.4. The number of nitrogens with one attached hydrogen (secondary N) is 2. The van der Waals surface area contributed by atoms with Crippen LogP contribution in [0.5, 0.6) is 0 Å². The molecule has 0 fully saturated rings. The highest BCUT2D eigenvalue weighted by Gasteiger charge is 2.12. The van der Waals surface area contributed by atoms with Gasteiger partial charge in [-0.05, 0) is 30.7 Å². The zero-order chi connectivity index (χ0) is 12.7. The van der Waals surface area contributed by atoms with Gasteiger partial charge in [0.15, 0.2) is 0 Å². The van der Waals surface area contributed by atoms with Crippen LogP contribution in [0.2, 0.25) is 5.02 Å². The molecule has 17 heavy (non-hydrogen) atoms. The van der Waals surface area contributed by atoms with Gasteiger partial charge in [0, 0.05) is 23.1 Å². The number of carbonyl (C=O) groups excluding carboxylic acids is 2. The first-order valence-electron chi connectivity index (χ1n) is 5.04. The highest BCUT2D eigenvalue weighted by Crippen LogP contribution is 2.12. The van der Waals surface area contributed by atoms with Crippen LogP contribution in [0.15, 0.2) is 24.3 Å². The Labute approximate surface area is 109 Å². The van der Waals surface area contributed by atoms with Gasteiger partial charge in [0.05, 0.1) is 0 Å². The first-order chi connectivity index (χ1) is 8.13. The average molecular weight is 275 g/mol. The van der Waals surface area contributed by atoms with Crippen LogP contribution >= 0.6 is 23.2 Å². The van der Waals surface area contributed by atoms with Crippen LogP contribution in [0.3, 0.4) is 0 Å². The molecular formula is C11H12Cl2N2O2. The highest BCUT2D eigenvalue weighted by atomic mass is 35.5. The molecule has 0 unspecified atom stereocenters. The number of halogens is 2. The zero-order valence-corrected chi connectivity index (χ0v) is 10.5. The summed E-state index contributed by atoms with van der Waals surface area (Å²) >= 11 is 11.1. The van der Waals surface area contributed by atoms with Crippen LogP contribution < -0.4 is 10.6 Å². The van der Waals surface area contributed by atoms with E-state index in [0.29, 0.717) is 29.6 Å². The van der Waals surface area contributed by atoms with E-state index >= 15 is 0 Å². The summed E-state index contributed by atoms with van der Waals surface area (Å²) in [5.74, 6) is -0.939. The van der Waals surface area contributed by atoms with Crippen molar-refractivity contribution in [2.45, 2.75) is 6.42 Å². The first-order valence-corrected chi connectivity index (χ1v) is 5.95. The maximum atomic E-state index is 11.4. The fourth-order valence-electron chi connectivity index (χ4n) is 1.07. The molecule has 0 aliphatic heterocycles. The minimum atomic E-state index is -0.707. The van der Waals surface area contributed by atoms with Crippen molar-refractivity contribution in [3.63, 3.8) is 0 Å². The van der Waals surface area contributed by atoms with E-state index < -0.39 is 11.8 Å². The predicted octanol–water partition coefficient (Wildman–Crippen LogP) is 2.02. The third kappa shape index (κ3) is 5.06. The molecule has 0 atom stereocenters. The number of hydrogen-bond donors (Lipinski definition) is 2. The number of amides is 2. The van der Waals surface area contributed by atoms with Crippen molar-refractivity contribution >= 4 is 40.7 Å². The maximum Gasteiger partial charge on any atom is 0.313 e. The summed E-state index contributed by atoms with van der Waals surface area (Å²) in [7, 11) is 0. The van der Waals surface area contributed by atoms with E-state index in [1.165, 1.54) is 0 Å². The summed E-state index contributed by atoms with van der Waals surface area (Å²) in [5, 5.41) is 5.47. The standard InChI is InChI=1S/C11H12Cl2N2O2/c12-6-1-7-14-10(16)11(17)15-9-4-2-8(13)3-5-9/h2-5H,1,6-7H2,(H,14,16)(H,15,17). The fourth-order valence-corrected chi connectivity index (χ4v) is 1.33. The number of carbonyl (C=O) groups is 2. The van der Waals surface area contributed by atoms with Gasteiger partial charge in [0.25, 0.3) is 0 Å². The molecule has 1 aromatic carbocycles. The third-order valence-corrected chi connectivity index (χ3v) is 2.42. The molecule has 0 radical (unpaired) electrons. The molecule has 0 aromatic heterocycles. The summed E-state index contributed by atoms with van der Waals surface area (Å²) in [6.45, 7) is 0.385. The van der Waals surface area contributed by atoms with Crippen molar-refractivity contribution in [3.05, 3.63) is 29.3 Å². The molecule has 2 N–H and O–H groups in total. The number of rotatable bonds is 4. The van der Waals surface area contributed by atoms with Crippen LogP contribution in [0.25, 0.3) is 0 Å². The smallest absolute Gasteiger partial charge is 0.313 e. The summed E-state index contributed by atoms with van der Waals surface area (Å²) < 4.78 is 0. The minimum absolute atomic E-state index is 0.385. The SMILES string of the molecule is O=C(NCCCCl)C(=O)Nc1ccc(Cl)cc1. The summed E-state index contributed by atoms with van der Waals surface area (Å²) in [4.78, 5) is 22.7. The van der Waals surface area contributed by atoms with Gasteiger partial charge in [-0.1, -0.05) is 11.6 Å². The molecule has 0 spiro atoms. The van der Waals surface area contributed by atoms with Crippen molar-refractivity contribution in [3.8, 4) is 0 Å². The molecule has 0 aliphatic rings. The number of benzene rings is 1. The predicted molar refractivity (Wildman–Crippen MR) is 68.4 cm³/mol. The van der Waals surface area contributed by atoms with E-state index in [1.54, 1.807) is 24.3 Å². The average Bonchev–Trinajstić information content (AvgIpc) is 2.32. The lowest BCUT2D eigenvalue weighted by Crippen LogP contribution is -2.36.